The van der Waals surface area contributed by atoms with Crippen LogP contribution in [0.15, 0.2) is 30.6 Å². The maximum absolute atomic E-state index is 12.2. The first-order valence-corrected chi connectivity index (χ1v) is 6.79. The Bertz CT molecular complexity index is 664. The minimum atomic E-state index is -0.530. The van der Waals surface area contributed by atoms with Gasteiger partial charge in [0.05, 0.1) is 11.4 Å². The molecule has 1 atom stereocenters. The predicted octanol–water partition coefficient (Wildman–Crippen LogP) is 2.33. The highest BCUT2D eigenvalue weighted by molar-refractivity contribution is 6.09. The lowest BCUT2D eigenvalue weighted by Gasteiger charge is -2.19. The van der Waals surface area contributed by atoms with Crippen LogP contribution in [0.3, 0.4) is 0 Å². The van der Waals surface area contributed by atoms with Gasteiger partial charge in [-0.25, -0.2) is 4.98 Å². The Kier molecular flexibility index (Phi) is 3.41. The van der Waals surface area contributed by atoms with Gasteiger partial charge in [-0.05, 0) is 31.0 Å². The van der Waals surface area contributed by atoms with Crippen molar-refractivity contribution in [2.75, 3.05) is 5.32 Å². The van der Waals surface area contributed by atoms with E-state index in [1.54, 1.807) is 24.5 Å². The molecule has 0 spiro atoms. The Hall–Kier alpha value is -2.30. The number of hydrogen-bond acceptors (Lipinski definition) is 4. The fraction of sp³-hybridized carbons (Fsp3) is 0.333. The van der Waals surface area contributed by atoms with Crippen LogP contribution in [0.5, 0.6) is 0 Å². The predicted molar refractivity (Wildman–Crippen MR) is 75.1 cm³/mol. The number of amides is 1. The van der Waals surface area contributed by atoms with Gasteiger partial charge in [0.2, 0.25) is 5.91 Å². The Morgan fingerprint density at radius 3 is 2.95 bits per heavy atom. The van der Waals surface area contributed by atoms with E-state index in [2.05, 4.69) is 15.3 Å². The number of ketones is 1. The molecule has 20 heavy (non-hydrogen) atoms. The number of Topliss-reactive ketones (excluding diaryl/α,β-unsaturated/α-hetero) is 1. The summed E-state index contributed by atoms with van der Waals surface area (Å²) in [6, 6.07) is 5.44. The van der Waals surface area contributed by atoms with Crippen molar-refractivity contribution in [3.8, 4) is 0 Å². The molecule has 2 heterocycles. The molecule has 5 nitrogen and oxygen atoms in total. The van der Waals surface area contributed by atoms with Gasteiger partial charge in [0.15, 0.2) is 0 Å². The van der Waals surface area contributed by atoms with Crippen LogP contribution < -0.4 is 5.32 Å². The summed E-state index contributed by atoms with van der Waals surface area (Å²) in [5.74, 6) is -0.276. The standard InChI is InChI=1S/C15H15N3O2/c19-13-6-2-1-4-11(13)15(20)18-14-10-5-3-8-16-12(10)7-9-17-14/h3,5,7-9,11H,1-2,4,6H2,(H,17,18,20). The van der Waals surface area contributed by atoms with Crippen molar-refractivity contribution in [1.82, 2.24) is 9.97 Å². The average Bonchev–Trinajstić information content (AvgIpc) is 2.48. The molecule has 1 N–H and O–H groups in total. The van der Waals surface area contributed by atoms with Crippen molar-refractivity contribution in [2.24, 2.45) is 5.92 Å². The lowest BCUT2D eigenvalue weighted by atomic mass is 9.87. The highest BCUT2D eigenvalue weighted by atomic mass is 16.2. The summed E-state index contributed by atoms with van der Waals surface area (Å²) in [4.78, 5) is 32.4. The van der Waals surface area contributed by atoms with Crippen LogP contribution in [-0.2, 0) is 9.59 Å². The number of aromatic nitrogens is 2. The molecule has 1 aliphatic carbocycles. The van der Waals surface area contributed by atoms with Crippen molar-refractivity contribution in [3.63, 3.8) is 0 Å². The molecule has 0 aromatic carbocycles. The zero-order valence-electron chi connectivity index (χ0n) is 11.0. The van der Waals surface area contributed by atoms with E-state index in [4.69, 9.17) is 0 Å². The van der Waals surface area contributed by atoms with Crippen LogP contribution >= 0.6 is 0 Å². The van der Waals surface area contributed by atoms with Crippen LogP contribution in [0.2, 0.25) is 0 Å². The number of hydrogen-bond donors (Lipinski definition) is 1. The molecule has 1 fully saturated rings. The molecule has 1 amide bonds. The maximum atomic E-state index is 12.2. The quantitative estimate of drug-likeness (QED) is 0.849. The Morgan fingerprint density at radius 1 is 1.20 bits per heavy atom. The van der Waals surface area contributed by atoms with E-state index < -0.39 is 5.92 Å². The molecule has 102 valence electrons. The number of nitrogens with one attached hydrogen (secondary N) is 1. The number of pyridine rings is 2. The van der Waals surface area contributed by atoms with E-state index in [9.17, 15) is 9.59 Å². The molecule has 2 aromatic rings. The number of carbonyl (C=O) groups excluding carboxylic acids is 2. The second kappa shape index (κ2) is 5.36. The minimum Gasteiger partial charge on any atom is -0.310 e. The van der Waals surface area contributed by atoms with Gasteiger partial charge in [-0.3, -0.25) is 14.6 Å². The third kappa shape index (κ3) is 2.39. The van der Waals surface area contributed by atoms with Crippen LogP contribution in [0.25, 0.3) is 10.9 Å². The molecule has 2 aromatic heterocycles. The highest BCUT2D eigenvalue weighted by Gasteiger charge is 2.29. The second-order valence-corrected chi connectivity index (χ2v) is 4.98. The molecule has 1 saturated carbocycles. The van der Waals surface area contributed by atoms with Gasteiger partial charge in [0, 0.05) is 24.2 Å². The van der Waals surface area contributed by atoms with Gasteiger partial charge in [-0.2, -0.15) is 0 Å². The van der Waals surface area contributed by atoms with E-state index in [0.29, 0.717) is 18.7 Å². The Labute approximate surface area is 116 Å². The van der Waals surface area contributed by atoms with E-state index in [1.165, 1.54) is 0 Å². The van der Waals surface area contributed by atoms with Crippen molar-refractivity contribution >= 4 is 28.4 Å². The zero-order valence-corrected chi connectivity index (χ0v) is 11.0. The van der Waals surface area contributed by atoms with Gasteiger partial charge >= 0.3 is 0 Å². The van der Waals surface area contributed by atoms with Crippen LogP contribution in [0, 0.1) is 5.92 Å². The molecule has 0 radical (unpaired) electrons. The van der Waals surface area contributed by atoms with Crippen LogP contribution in [0.1, 0.15) is 25.7 Å². The summed E-state index contributed by atoms with van der Waals surface area (Å²) >= 11 is 0. The zero-order chi connectivity index (χ0) is 13.9. The average molecular weight is 269 g/mol. The molecule has 1 unspecified atom stereocenters. The SMILES string of the molecule is O=C1CCCCC1C(=O)Nc1nccc2ncccc12. The van der Waals surface area contributed by atoms with Crippen molar-refractivity contribution in [1.29, 1.82) is 0 Å². The Balaban J connectivity index is 1.86. The molecule has 0 aliphatic heterocycles. The van der Waals surface area contributed by atoms with Gasteiger partial charge in [-0.1, -0.05) is 6.42 Å². The molecule has 5 heteroatoms. The minimum absolute atomic E-state index is 0.0344. The Morgan fingerprint density at radius 2 is 2.10 bits per heavy atom. The smallest absolute Gasteiger partial charge is 0.236 e. The van der Waals surface area contributed by atoms with E-state index in [-0.39, 0.29) is 11.7 Å². The third-order valence-electron chi connectivity index (χ3n) is 3.64. The van der Waals surface area contributed by atoms with E-state index >= 15 is 0 Å². The summed E-state index contributed by atoms with van der Waals surface area (Å²) in [5, 5.41) is 3.56. The second-order valence-electron chi connectivity index (χ2n) is 4.98. The fourth-order valence-corrected chi connectivity index (χ4v) is 2.57. The summed E-state index contributed by atoms with van der Waals surface area (Å²) in [5.41, 5.74) is 0.771. The first-order chi connectivity index (χ1) is 9.75. The monoisotopic (exact) mass is 269 g/mol. The molecule has 1 aliphatic rings. The number of anilines is 1. The van der Waals surface area contributed by atoms with Crippen molar-refractivity contribution < 1.29 is 9.59 Å². The lowest BCUT2D eigenvalue weighted by Crippen LogP contribution is -2.32. The summed E-state index contributed by atoms with van der Waals surface area (Å²) in [6.45, 7) is 0. The van der Waals surface area contributed by atoms with Gasteiger partial charge in [0.1, 0.15) is 11.6 Å². The lowest BCUT2D eigenvalue weighted by molar-refractivity contribution is -0.132. The van der Waals surface area contributed by atoms with Gasteiger partial charge in [-0.15, -0.1) is 0 Å². The van der Waals surface area contributed by atoms with E-state index in [0.717, 1.165) is 23.7 Å². The largest absolute Gasteiger partial charge is 0.310 e. The molecular weight excluding hydrogens is 254 g/mol. The summed E-state index contributed by atoms with van der Waals surface area (Å²) in [6.07, 6.45) is 6.25. The fourth-order valence-electron chi connectivity index (χ4n) is 2.57. The topological polar surface area (TPSA) is 72.0 Å². The number of fused-ring (bicyclic) bond motifs is 1. The van der Waals surface area contributed by atoms with Gasteiger partial charge < -0.3 is 5.32 Å². The molecule has 0 saturated heterocycles. The first-order valence-electron chi connectivity index (χ1n) is 6.79. The maximum Gasteiger partial charge on any atom is 0.236 e. The molecule has 3 rings (SSSR count). The van der Waals surface area contributed by atoms with Crippen LogP contribution in [0.4, 0.5) is 5.82 Å². The van der Waals surface area contributed by atoms with Gasteiger partial charge in [0.25, 0.3) is 0 Å². The van der Waals surface area contributed by atoms with E-state index in [1.807, 2.05) is 6.07 Å². The number of carbonyl (C=O) groups is 2. The molecule has 0 bridgehead atoms. The number of rotatable bonds is 2. The van der Waals surface area contributed by atoms with Crippen LogP contribution in [-0.4, -0.2) is 21.7 Å². The van der Waals surface area contributed by atoms with Crippen molar-refractivity contribution in [2.45, 2.75) is 25.7 Å². The summed E-state index contributed by atoms with van der Waals surface area (Å²) in [7, 11) is 0. The normalized spacial score (nSPS) is 19.0. The third-order valence-corrected chi connectivity index (χ3v) is 3.64. The molecular formula is C15H15N3O2. The van der Waals surface area contributed by atoms with Crippen molar-refractivity contribution in [3.05, 3.63) is 30.6 Å². The highest BCUT2D eigenvalue weighted by Crippen LogP contribution is 2.24. The number of nitrogens with zero attached hydrogens (tertiary/aromatic N) is 2. The first kappa shape index (κ1) is 12.7. The summed E-state index contributed by atoms with van der Waals surface area (Å²) < 4.78 is 0.